The van der Waals surface area contributed by atoms with Crippen LogP contribution in [0.4, 0.5) is 0 Å². The van der Waals surface area contributed by atoms with Crippen LogP contribution in [0.1, 0.15) is 44.3 Å². The SMILES string of the molecule is c1coc(CCCC2CCCC2)c1. The molecule has 1 aromatic rings. The van der Waals surface area contributed by atoms with Crippen LogP contribution in [0.25, 0.3) is 0 Å². The maximum atomic E-state index is 5.30. The van der Waals surface area contributed by atoms with E-state index in [1.54, 1.807) is 6.26 Å². The highest BCUT2D eigenvalue weighted by molar-refractivity contribution is 4.97. The lowest BCUT2D eigenvalue weighted by Crippen LogP contribution is -1.94. The molecule has 1 aliphatic carbocycles. The first-order valence-electron chi connectivity index (χ1n) is 5.47. The molecule has 1 saturated carbocycles. The summed E-state index contributed by atoms with van der Waals surface area (Å²) in [6.45, 7) is 0. The minimum Gasteiger partial charge on any atom is -0.469 e. The van der Waals surface area contributed by atoms with E-state index in [9.17, 15) is 0 Å². The van der Waals surface area contributed by atoms with Gasteiger partial charge in [-0.1, -0.05) is 32.1 Å². The Balaban J connectivity index is 1.63. The highest BCUT2D eigenvalue weighted by Crippen LogP contribution is 2.28. The molecule has 0 atom stereocenters. The number of hydrogen-bond donors (Lipinski definition) is 0. The molecular formula is C12H18O. The molecule has 0 N–H and O–H groups in total. The zero-order valence-corrected chi connectivity index (χ0v) is 8.17. The number of rotatable bonds is 4. The minimum atomic E-state index is 1.02. The Kier molecular flexibility index (Phi) is 3.07. The maximum absolute atomic E-state index is 5.30. The van der Waals surface area contributed by atoms with Crippen molar-refractivity contribution < 1.29 is 4.42 Å². The van der Waals surface area contributed by atoms with Crippen LogP contribution in [0.3, 0.4) is 0 Å². The molecule has 0 radical (unpaired) electrons. The van der Waals surface area contributed by atoms with Crippen LogP contribution in [0.5, 0.6) is 0 Å². The first kappa shape index (κ1) is 8.86. The average molecular weight is 178 g/mol. The predicted molar refractivity (Wildman–Crippen MR) is 53.6 cm³/mol. The van der Waals surface area contributed by atoms with Gasteiger partial charge in [-0.3, -0.25) is 0 Å². The summed E-state index contributed by atoms with van der Waals surface area (Å²) in [5.41, 5.74) is 0. The summed E-state index contributed by atoms with van der Waals surface area (Å²) in [5.74, 6) is 2.17. The largest absolute Gasteiger partial charge is 0.469 e. The molecule has 72 valence electrons. The van der Waals surface area contributed by atoms with Crippen LogP contribution >= 0.6 is 0 Å². The lowest BCUT2D eigenvalue weighted by atomic mass is 10.0. The molecule has 1 nitrogen and oxygen atoms in total. The lowest BCUT2D eigenvalue weighted by Gasteiger charge is -2.06. The summed E-state index contributed by atoms with van der Waals surface area (Å²) in [7, 11) is 0. The van der Waals surface area contributed by atoms with Gasteiger partial charge in [0.15, 0.2) is 0 Å². The molecule has 13 heavy (non-hydrogen) atoms. The van der Waals surface area contributed by atoms with E-state index in [1.807, 2.05) is 6.07 Å². The fourth-order valence-electron chi connectivity index (χ4n) is 2.32. The second kappa shape index (κ2) is 4.50. The standard InChI is InChI=1S/C12H18O/c1-2-6-11(5-1)7-3-8-12-9-4-10-13-12/h4,9-11H,1-3,5-8H2. The van der Waals surface area contributed by atoms with Crippen molar-refractivity contribution in [3.8, 4) is 0 Å². The Bertz CT molecular complexity index is 219. The van der Waals surface area contributed by atoms with Gasteiger partial charge in [0.1, 0.15) is 5.76 Å². The Morgan fingerprint density at radius 1 is 1.31 bits per heavy atom. The van der Waals surface area contributed by atoms with Gasteiger partial charge in [-0.05, 0) is 24.5 Å². The lowest BCUT2D eigenvalue weighted by molar-refractivity contribution is 0.451. The normalized spacial score (nSPS) is 18.2. The van der Waals surface area contributed by atoms with Gasteiger partial charge < -0.3 is 4.42 Å². The van der Waals surface area contributed by atoms with Gasteiger partial charge in [0.25, 0.3) is 0 Å². The van der Waals surface area contributed by atoms with E-state index in [4.69, 9.17) is 4.42 Å². The second-order valence-electron chi connectivity index (χ2n) is 4.12. The topological polar surface area (TPSA) is 13.1 Å². The van der Waals surface area contributed by atoms with E-state index in [1.165, 1.54) is 38.5 Å². The molecule has 2 rings (SSSR count). The first-order chi connectivity index (χ1) is 6.45. The van der Waals surface area contributed by atoms with E-state index in [0.717, 1.165) is 18.1 Å². The molecular weight excluding hydrogens is 160 g/mol. The van der Waals surface area contributed by atoms with E-state index < -0.39 is 0 Å². The molecule has 1 aliphatic rings. The van der Waals surface area contributed by atoms with Crippen molar-refractivity contribution in [1.29, 1.82) is 0 Å². The smallest absolute Gasteiger partial charge is 0.103 e. The van der Waals surface area contributed by atoms with Crippen molar-refractivity contribution in [3.05, 3.63) is 24.2 Å². The summed E-state index contributed by atoms with van der Waals surface area (Å²) in [4.78, 5) is 0. The van der Waals surface area contributed by atoms with Crippen molar-refractivity contribution >= 4 is 0 Å². The summed E-state index contributed by atoms with van der Waals surface area (Å²) < 4.78 is 5.30. The van der Waals surface area contributed by atoms with Gasteiger partial charge in [-0.2, -0.15) is 0 Å². The van der Waals surface area contributed by atoms with Crippen molar-refractivity contribution in [3.63, 3.8) is 0 Å². The minimum absolute atomic E-state index is 1.02. The van der Waals surface area contributed by atoms with Crippen LogP contribution in [0.2, 0.25) is 0 Å². The van der Waals surface area contributed by atoms with E-state index >= 15 is 0 Å². The highest BCUT2D eigenvalue weighted by atomic mass is 16.3. The monoisotopic (exact) mass is 178 g/mol. The Labute approximate surface area is 80.1 Å². The molecule has 1 heterocycles. The van der Waals surface area contributed by atoms with Gasteiger partial charge in [0.05, 0.1) is 6.26 Å². The Morgan fingerprint density at radius 2 is 2.15 bits per heavy atom. The fourth-order valence-corrected chi connectivity index (χ4v) is 2.32. The van der Waals surface area contributed by atoms with E-state index in [0.29, 0.717) is 0 Å². The third-order valence-corrected chi connectivity index (χ3v) is 3.09. The molecule has 1 aromatic heterocycles. The van der Waals surface area contributed by atoms with Gasteiger partial charge in [0.2, 0.25) is 0 Å². The molecule has 0 bridgehead atoms. The average Bonchev–Trinajstić information content (AvgIpc) is 2.75. The summed E-state index contributed by atoms with van der Waals surface area (Å²) >= 11 is 0. The molecule has 0 aliphatic heterocycles. The number of aryl methyl sites for hydroxylation is 1. The molecule has 0 aromatic carbocycles. The fraction of sp³-hybridized carbons (Fsp3) is 0.667. The molecule has 0 unspecified atom stereocenters. The maximum Gasteiger partial charge on any atom is 0.103 e. The van der Waals surface area contributed by atoms with Crippen molar-refractivity contribution in [2.75, 3.05) is 0 Å². The van der Waals surface area contributed by atoms with E-state index in [2.05, 4.69) is 6.07 Å². The quantitative estimate of drug-likeness (QED) is 0.683. The predicted octanol–water partition coefficient (Wildman–Crippen LogP) is 3.79. The van der Waals surface area contributed by atoms with Crippen LogP contribution < -0.4 is 0 Å². The van der Waals surface area contributed by atoms with Crippen LogP contribution in [0, 0.1) is 5.92 Å². The molecule has 0 saturated heterocycles. The van der Waals surface area contributed by atoms with Gasteiger partial charge in [-0.25, -0.2) is 0 Å². The van der Waals surface area contributed by atoms with E-state index in [-0.39, 0.29) is 0 Å². The Morgan fingerprint density at radius 3 is 2.85 bits per heavy atom. The van der Waals surface area contributed by atoms with Crippen molar-refractivity contribution in [1.82, 2.24) is 0 Å². The second-order valence-corrected chi connectivity index (χ2v) is 4.12. The number of hydrogen-bond acceptors (Lipinski definition) is 1. The molecule has 0 spiro atoms. The highest BCUT2D eigenvalue weighted by Gasteiger charge is 2.14. The van der Waals surface area contributed by atoms with Gasteiger partial charge >= 0.3 is 0 Å². The summed E-state index contributed by atoms with van der Waals surface area (Å²) in [6, 6.07) is 4.06. The Hall–Kier alpha value is -0.720. The van der Waals surface area contributed by atoms with Crippen molar-refractivity contribution in [2.45, 2.75) is 44.9 Å². The molecule has 1 fully saturated rings. The van der Waals surface area contributed by atoms with Crippen molar-refractivity contribution in [2.24, 2.45) is 5.92 Å². The zero-order chi connectivity index (χ0) is 8.93. The first-order valence-corrected chi connectivity index (χ1v) is 5.47. The van der Waals surface area contributed by atoms with Crippen LogP contribution in [0.15, 0.2) is 22.8 Å². The zero-order valence-electron chi connectivity index (χ0n) is 8.17. The third kappa shape index (κ3) is 2.61. The summed E-state index contributed by atoms with van der Waals surface area (Å²) in [6.07, 6.45) is 11.5. The van der Waals surface area contributed by atoms with Crippen LogP contribution in [-0.2, 0) is 6.42 Å². The third-order valence-electron chi connectivity index (χ3n) is 3.09. The molecule has 0 amide bonds. The van der Waals surface area contributed by atoms with Gasteiger partial charge in [0, 0.05) is 6.42 Å². The van der Waals surface area contributed by atoms with Gasteiger partial charge in [-0.15, -0.1) is 0 Å². The summed E-state index contributed by atoms with van der Waals surface area (Å²) in [5, 5.41) is 0. The van der Waals surface area contributed by atoms with Crippen LogP contribution in [-0.4, -0.2) is 0 Å². The molecule has 1 heteroatoms. The number of furan rings is 1.